The standard InChI is InChI=1S/C30H38N2O5/c1-30(2,3)37-29(35)32(27-21-26(27)23-7-5-4-6-8-23)24-15-17-31(18-16-24)19-20-36-25-12-9-22(10-13-25)11-14-28(33)34/h4-14,24,26-27H,15-21H2,1-3H3,(H,33,34)/t26-,27+/m0/s1. The van der Waals surface area contributed by atoms with Gasteiger partial charge in [0.1, 0.15) is 18.0 Å². The summed E-state index contributed by atoms with van der Waals surface area (Å²) in [4.78, 5) is 28.3. The minimum absolute atomic E-state index is 0.178. The van der Waals surface area contributed by atoms with Gasteiger partial charge in [0, 0.05) is 43.7 Å². The van der Waals surface area contributed by atoms with Crippen LogP contribution in [0.1, 0.15) is 57.1 Å². The highest BCUT2D eigenvalue weighted by Gasteiger charge is 2.48. The molecule has 1 aliphatic heterocycles. The van der Waals surface area contributed by atoms with Crippen LogP contribution in [0.5, 0.6) is 5.75 Å². The lowest BCUT2D eigenvalue weighted by Gasteiger charge is -2.39. The van der Waals surface area contributed by atoms with E-state index in [0.29, 0.717) is 12.5 Å². The van der Waals surface area contributed by atoms with E-state index in [1.807, 2.05) is 56.0 Å². The minimum atomic E-state index is -0.966. The summed E-state index contributed by atoms with van der Waals surface area (Å²) in [7, 11) is 0. The average Bonchev–Trinajstić information content (AvgIpc) is 3.64. The van der Waals surface area contributed by atoms with E-state index in [4.69, 9.17) is 14.6 Å². The number of carbonyl (C=O) groups is 2. The quantitative estimate of drug-likeness (QED) is 0.458. The summed E-state index contributed by atoms with van der Waals surface area (Å²) in [6, 6.07) is 18.2. The molecule has 2 fully saturated rings. The largest absolute Gasteiger partial charge is 0.492 e. The van der Waals surface area contributed by atoms with Gasteiger partial charge < -0.3 is 19.5 Å². The van der Waals surface area contributed by atoms with Crippen LogP contribution in [0.4, 0.5) is 4.79 Å². The van der Waals surface area contributed by atoms with E-state index >= 15 is 0 Å². The van der Waals surface area contributed by atoms with Crippen LogP contribution in [-0.2, 0) is 9.53 Å². The molecular formula is C30H38N2O5. The van der Waals surface area contributed by atoms with Gasteiger partial charge in [0.2, 0.25) is 0 Å². The number of amides is 1. The van der Waals surface area contributed by atoms with Crippen molar-refractivity contribution < 1.29 is 24.2 Å². The molecule has 0 unspecified atom stereocenters. The smallest absolute Gasteiger partial charge is 0.410 e. The third-order valence-electron chi connectivity index (χ3n) is 6.87. The predicted octanol–water partition coefficient (Wildman–Crippen LogP) is 5.42. The normalized spacial score (nSPS) is 20.5. The first-order valence-corrected chi connectivity index (χ1v) is 13.1. The van der Waals surface area contributed by atoms with Gasteiger partial charge in [0.05, 0.1) is 0 Å². The van der Waals surface area contributed by atoms with Crippen molar-refractivity contribution in [3.05, 3.63) is 71.8 Å². The number of rotatable bonds is 9. The molecule has 0 radical (unpaired) electrons. The number of hydrogen-bond acceptors (Lipinski definition) is 5. The third-order valence-corrected chi connectivity index (χ3v) is 6.87. The molecule has 198 valence electrons. The Hall–Kier alpha value is -3.32. The number of carboxylic acids is 1. The molecule has 1 heterocycles. The SMILES string of the molecule is CC(C)(C)OC(=O)N(C1CCN(CCOc2ccc(C=CC(=O)O)cc2)CC1)[C@@H]1C[C@H]1c1ccccc1. The molecule has 4 rings (SSSR count). The van der Waals surface area contributed by atoms with E-state index in [1.54, 1.807) is 6.08 Å². The maximum absolute atomic E-state index is 13.3. The van der Waals surface area contributed by atoms with E-state index in [1.165, 1.54) is 5.56 Å². The van der Waals surface area contributed by atoms with Crippen molar-refractivity contribution in [3.8, 4) is 5.75 Å². The monoisotopic (exact) mass is 506 g/mol. The van der Waals surface area contributed by atoms with E-state index in [-0.39, 0.29) is 18.2 Å². The molecule has 2 aromatic carbocycles. The van der Waals surface area contributed by atoms with Gasteiger partial charge in [-0.05, 0) is 69.4 Å². The lowest BCUT2D eigenvalue weighted by Crippen LogP contribution is -2.50. The molecule has 7 nitrogen and oxygen atoms in total. The molecule has 0 spiro atoms. The van der Waals surface area contributed by atoms with Crippen molar-refractivity contribution in [1.82, 2.24) is 9.80 Å². The molecule has 2 aromatic rings. The zero-order valence-electron chi connectivity index (χ0n) is 22.0. The summed E-state index contributed by atoms with van der Waals surface area (Å²) in [6.07, 6.45) is 5.31. The van der Waals surface area contributed by atoms with Crippen LogP contribution in [0.25, 0.3) is 6.08 Å². The second kappa shape index (κ2) is 11.8. The molecule has 1 saturated carbocycles. The molecule has 37 heavy (non-hydrogen) atoms. The van der Waals surface area contributed by atoms with Gasteiger partial charge in [-0.3, -0.25) is 4.90 Å². The first-order valence-electron chi connectivity index (χ1n) is 13.1. The minimum Gasteiger partial charge on any atom is -0.492 e. The van der Waals surface area contributed by atoms with Gasteiger partial charge in [0.15, 0.2) is 0 Å². The Morgan fingerprint density at radius 1 is 1.05 bits per heavy atom. The second-order valence-corrected chi connectivity index (χ2v) is 10.9. The van der Waals surface area contributed by atoms with Gasteiger partial charge in [-0.25, -0.2) is 9.59 Å². The maximum Gasteiger partial charge on any atom is 0.410 e. The number of hydrogen-bond donors (Lipinski definition) is 1. The first kappa shape index (κ1) is 26.7. The summed E-state index contributed by atoms with van der Waals surface area (Å²) in [5.74, 6) is 0.178. The van der Waals surface area contributed by atoms with E-state index < -0.39 is 11.6 Å². The maximum atomic E-state index is 13.3. The molecule has 0 aromatic heterocycles. The number of piperidine rings is 1. The van der Waals surface area contributed by atoms with E-state index in [2.05, 4.69) is 29.2 Å². The number of carbonyl (C=O) groups excluding carboxylic acids is 1. The van der Waals surface area contributed by atoms with Gasteiger partial charge in [0.25, 0.3) is 0 Å². The molecule has 1 amide bonds. The molecule has 2 atom stereocenters. The Balaban J connectivity index is 1.28. The van der Waals surface area contributed by atoms with Crippen molar-refractivity contribution >= 4 is 18.1 Å². The molecule has 1 aliphatic carbocycles. The van der Waals surface area contributed by atoms with Crippen LogP contribution in [0.15, 0.2) is 60.7 Å². The number of carboxylic acid groups (broad SMARTS) is 1. The number of likely N-dealkylation sites (tertiary alicyclic amines) is 1. The lowest BCUT2D eigenvalue weighted by atomic mass is 10.0. The fourth-order valence-electron chi connectivity index (χ4n) is 4.97. The van der Waals surface area contributed by atoms with Crippen LogP contribution in [0, 0.1) is 0 Å². The van der Waals surface area contributed by atoms with Crippen LogP contribution < -0.4 is 4.74 Å². The summed E-state index contributed by atoms with van der Waals surface area (Å²) < 4.78 is 11.7. The lowest BCUT2D eigenvalue weighted by molar-refractivity contribution is -0.131. The highest BCUT2D eigenvalue weighted by atomic mass is 16.6. The van der Waals surface area contributed by atoms with E-state index in [0.717, 1.165) is 56.3 Å². The molecule has 0 bridgehead atoms. The zero-order valence-corrected chi connectivity index (χ0v) is 22.0. The van der Waals surface area contributed by atoms with Crippen LogP contribution >= 0.6 is 0 Å². The number of nitrogens with zero attached hydrogens (tertiary/aromatic N) is 2. The number of benzene rings is 2. The van der Waals surface area contributed by atoms with Crippen molar-refractivity contribution in [2.24, 2.45) is 0 Å². The van der Waals surface area contributed by atoms with Crippen LogP contribution in [0.2, 0.25) is 0 Å². The average molecular weight is 507 g/mol. The van der Waals surface area contributed by atoms with Gasteiger partial charge >= 0.3 is 12.1 Å². The summed E-state index contributed by atoms with van der Waals surface area (Å²) in [5.41, 5.74) is 1.59. The van der Waals surface area contributed by atoms with Crippen molar-refractivity contribution in [2.45, 2.75) is 63.6 Å². The van der Waals surface area contributed by atoms with Crippen LogP contribution in [-0.4, -0.2) is 70.9 Å². The van der Waals surface area contributed by atoms with Gasteiger partial charge in [-0.2, -0.15) is 0 Å². The summed E-state index contributed by atoms with van der Waals surface area (Å²) >= 11 is 0. The van der Waals surface area contributed by atoms with Crippen LogP contribution in [0.3, 0.4) is 0 Å². The summed E-state index contributed by atoms with van der Waals surface area (Å²) in [6.45, 7) is 8.98. The predicted molar refractivity (Wildman–Crippen MR) is 144 cm³/mol. The van der Waals surface area contributed by atoms with E-state index in [9.17, 15) is 9.59 Å². The van der Waals surface area contributed by atoms with Crippen molar-refractivity contribution in [2.75, 3.05) is 26.2 Å². The topological polar surface area (TPSA) is 79.3 Å². The molecule has 2 aliphatic rings. The van der Waals surface area contributed by atoms with Crippen molar-refractivity contribution in [3.63, 3.8) is 0 Å². The highest BCUT2D eigenvalue weighted by Crippen LogP contribution is 2.46. The number of ether oxygens (including phenoxy) is 2. The molecule has 1 N–H and O–H groups in total. The Morgan fingerprint density at radius 3 is 2.35 bits per heavy atom. The fourth-order valence-corrected chi connectivity index (χ4v) is 4.97. The highest BCUT2D eigenvalue weighted by molar-refractivity contribution is 5.85. The Bertz CT molecular complexity index is 1070. The van der Waals surface area contributed by atoms with Gasteiger partial charge in [-0.15, -0.1) is 0 Å². The van der Waals surface area contributed by atoms with Crippen molar-refractivity contribution in [1.29, 1.82) is 0 Å². The second-order valence-electron chi connectivity index (χ2n) is 10.9. The Morgan fingerprint density at radius 2 is 1.73 bits per heavy atom. The zero-order chi connectivity index (χ0) is 26.4. The third kappa shape index (κ3) is 7.83. The molecular weight excluding hydrogens is 468 g/mol. The Kier molecular flexibility index (Phi) is 8.54. The Labute approximate surface area is 219 Å². The fraction of sp³-hybridized carbons (Fsp3) is 0.467. The molecule has 1 saturated heterocycles. The van der Waals surface area contributed by atoms with Gasteiger partial charge in [-0.1, -0.05) is 42.5 Å². The first-order chi connectivity index (χ1) is 17.7. The number of aliphatic carboxylic acids is 1. The summed E-state index contributed by atoms with van der Waals surface area (Å²) in [5, 5.41) is 8.74. The molecule has 7 heteroatoms.